The van der Waals surface area contributed by atoms with Crippen LogP contribution in [0.15, 0.2) is 18.2 Å². The minimum absolute atomic E-state index is 0.0235. The Kier molecular flexibility index (Phi) is 7.21. The highest BCUT2D eigenvalue weighted by Crippen LogP contribution is 2.15. The van der Waals surface area contributed by atoms with E-state index < -0.39 is 12.1 Å². The molecule has 1 aromatic rings. The first kappa shape index (κ1) is 20.0. The molecule has 3 N–H and O–H groups in total. The molecule has 1 aliphatic heterocycles. The molecule has 0 saturated carbocycles. The zero-order valence-electron chi connectivity index (χ0n) is 13.5. The molecule has 0 bridgehead atoms. The number of benzene rings is 1. The van der Waals surface area contributed by atoms with Crippen LogP contribution >= 0.6 is 0 Å². The first-order chi connectivity index (χ1) is 11.1. The second-order valence-electron chi connectivity index (χ2n) is 5.67. The van der Waals surface area contributed by atoms with Crippen LogP contribution in [0.5, 0.6) is 0 Å². The van der Waals surface area contributed by atoms with Gasteiger partial charge in [0, 0.05) is 5.69 Å². The molecule has 1 aliphatic rings. The van der Waals surface area contributed by atoms with Gasteiger partial charge in [-0.15, -0.1) is 0 Å². The Bertz CT molecular complexity index is 562. The number of alkyl halides is 3. The van der Waals surface area contributed by atoms with Gasteiger partial charge in [0.15, 0.2) is 0 Å². The maximum Gasteiger partial charge on any atom is 0.490 e. The monoisotopic (exact) mass is 346 g/mol. The lowest BCUT2D eigenvalue weighted by Crippen LogP contribution is -2.43. The van der Waals surface area contributed by atoms with Gasteiger partial charge in [0.2, 0.25) is 5.91 Å². The molecule has 1 atom stereocenters. The number of hydrogen-bond donors (Lipinski definition) is 3. The molecule has 0 aliphatic carbocycles. The molecule has 134 valence electrons. The molecule has 1 aromatic carbocycles. The number of carbonyl (C=O) groups is 2. The molecule has 0 radical (unpaired) electrons. The van der Waals surface area contributed by atoms with Crippen LogP contribution in [0.4, 0.5) is 18.9 Å². The van der Waals surface area contributed by atoms with Gasteiger partial charge in [0.25, 0.3) is 0 Å². The average Bonchev–Trinajstić information content (AvgIpc) is 2.46. The molecule has 1 fully saturated rings. The van der Waals surface area contributed by atoms with Crippen molar-refractivity contribution in [1.29, 1.82) is 0 Å². The van der Waals surface area contributed by atoms with Crippen LogP contribution in [0.2, 0.25) is 0 Å². The molecule has 1 saturated heterocycles. The molecule has 0 spiro atoms. The number of carboxylic acid groups (broad SMARTS) is 1. The molecular weight excluding hydrogens is 325 g/mol. The summed E-state index contributed by atoms with van der Waals surface area (Å²) in [5, 5.41) is 13.4. The lowest BCUT2D eigenvalue weighted by Gasteiger charge is -2.22. The van der Waals surface area contributed by atoms with Crippen molar-refractivity contribution >= 4 is 17.6 Å². The summed E-state index contributed by atoms with van der Waals surface area (Å²) in [7, 11) is 0. The number of rotatable bonds is 2. The molecule has 1 amide bonds. The first-order valence-corrected chi connectivity index (χ1v) is 7.52. The summed E-state index contributed by atoms with van der Waals surface area (Å²) in [5.41, 5.74) is 3.26. The Labute approximate surface area is 138 Å². The summed E-state index contributed by atoms with van der Waals surface area (Å²) >= 11 is 0. The summed E-state index contributed by atoms with van der Waals surface area (Å²) in [6.07, 6.45) is -1.83. The van der Waals surface area contributed by atoms with Crippen molar-refractivity contribution < 1.29 is 27.9 Å². The minimum Gasteiger partial charge on any atom is -0.475 e. The van der Waals surface area contributed by atoms with Gasteiger partial charge in [-0.05, 0) is 56.5 Å². The summed E-state index contributed by atoms with van der Waals surface area (Å²) in [6, 6.07) is 6.10. The number of anilines is 1. The quantitative estimate of drug-likeness (QED) is 0.769. The highest BCUT2D eigenvalue weighted by atomic mass is 19.4. The van der Waals surface area contributed by atoms with E-state index in [1.807, 2.05) is 26.0 Å². The van der Waals surface area contributed by atoms with E-state index in [0.717, 1.165) is 25.1 Å². The molecule has 2 rings (SSSR count). The van der Waals surface area contributed by atoms with Crippen molar-refractivity contribution in [2.45, 2.75) is 45.3 Å². The number of nitrogens with one attached hydrogen (secondary N) is 2. The van der Waals surface area contributed by atoms with E-state index in [0.29, 0.717) is 0 Å². The standard InChI is InChI=1S/C14H20N2O.C2HF3O2/c1-10-7-11(2)9-12(8-10)16-14(17)13-5-3-4-6-15-13;3-2(4,5)1(6)7/h7-9,13,15H,3-6H2,1-2H3,(H,16,17);(H,6,7)/t13-;/m0./s1. The van der Waals surface area contributed by atoms with E-state index in [1.165, 1.54) is 17.5 Å². The maximum absolute atomic E-state index is 12.0. The van der Waals surface area contributed by atoms with Gasteiger partial charge in [-0.25, -0.2) is 4.79 Å². The normalized spacial score (nSPS) is 17.5. The Hall–Kier alpha value is -2.09. The van der Waals surface area contributed by atoms with E-state index >= 15 is 0 Å². The van der Waals surface area contributed by atoms with Gasteiger partial charge in [0.1, 0.15) is 0 Å². The number of carboxylic acids is 1. The third-order valence-electron chi connectivity index (χ3n) is 3.36. The third-order valence-corrected chi connectivity index (χ3v) is 3.36. The van der Waals surface area contributed by atoms with Gasteiger partial charge in [0.05, 0.1) is 6.04 Å². The molecule has 0 aromatic heterocycles. The number of amides is 1. The zero-order valence-corrected chi connectivity index (χ0v) is 13.5. The number of aliphatic carboxylic acids is 1. The highest BCUT2D eigenvalue weighted by Gasteiger charge is 2.38. The Morgan fingerprint density at radius 1 is 1.17 bits per heavy atom. The van der Waals surface area contributed by atoms with Crippen molar-refractivity contribution in [3.63, 3.8) is 0 Å². The Balaban J connectivity index is 0.000000351. The average molecular weight is 346 g/mol. The Morgan fingerprint density at radius 3 is 2.12 bits per heavy atom. The smallest absolute Gasteiger partial charge is 0.475 e. The largest absolute Gasteiger partial charge is 0.490 e. The molecule has 5 nitrogen and oxygen atoms in total. The fourth-order valence-corrected chi connectivity index (χ4v) is 2.35. The molecular formula is C16H21F3N2O3. The van der Waals surface area contributed by atoms with Gasteiger partial charge < -0.3 is 15.7 Å². The second kappa shape index (κ2) is 8.68. The minimum atomic E-state index is -5.08. The SMILES string of the molecule is Cc1cc(C)cc(NC(=O)[C@@H]2CCCCN2)c1.O=C(O)C(F)(F)F. The molecule has 24 heavy (non-hydrogen) atoms. The molecule has 0 unspecified atom stereocenters. The second-order valence-corrected chi connectivity index (χ2v) is 5.67. The highest BCUT2D eigenvalue weighted by molar-refractivity contribution is 5.95. The summed E-state index contributed by atoms with van der Waals surface area (Å²) in [6.45, 7) is 5.04. The van der Waals surface area contributed by atoms with Crippen LogP contribution in [0.3, 0.4) is 0 Å². The van der Waals surface area contributed by atoms with Crippen molar-refractivity contribution in [2.75, 3.05) is 11.9 Å². The fourth-order valence-electron chi connectivity index (χ4n) is 2.35. The lowest BCUT2D eigenvalue weighted by atomic mass is 10.0. The van der Waals surface area contributed by atoms with Crippen molar-refractivity contribution in [1.82, 2.24) is 5.32 Å². The van der Waals surface area contributed by atoms with Crippen molar-refractivity contribution in [3.05, 3.63) is 29.3 Å². The van der Waals surface area contributed by atoms with E-state index in [2.05, 4.69) is 16.7 Å². The van der Waals surface area contributed by atoms with Crippen LogP contribution in [-0.2, 0) is 9.59 Å². The van der Waals surface area contributed by atoms with Gasteiger partial charge >= 0.3 is 12.1 Å². The van der Waals surface area contributed by atoms with Crippen LogP contribution < -0.4 is 10.6 Å². The summed E-state index contributed by atoms with van der Waals surface area (Å²) in [5.74, 6) is -2.66. The van der Waals surface area contributed by atoms with Crippen LogP contribution in [0.1, 0.15) is 30.4 Å². The van der Waals surface area contributed by atoms with Crippen LogP contribution in [0.25, 0.3) is 0 Å². The topological polar surface area (TPSA) is 78.4 Å². The van der Waals surface area contributed by atoms with Crippen LogP contribution in [-0.4, -0.2) is 35.7 Å². The molecule has 1 heterocycles. The number of hydrogen-bond acceptors (Lipinski definition) is 3. The summed E-state index contributed by atoms with van der Waals surface area (Å²) < 4.78 is 31.7. The number of aryl methyl sites for hydroxylation is 2. The van der Waals surface area contributed by atoms with Gasteiger partial charge in [-0.3, -0.25) is 4.79 Å². The number of halogens is 3. The third kappa shape index (κ3) is 6.99. The fraction of sp³-hybridized carbons (Fsp3) is 0.500. The molecule has 8 heteroatoms. The number of carbonyl (C=O) groups excluding carboxylic acids is 1. The predicted molar refractivity (Wildman–Crippen MR) is 83.9 cm³/mol. The maximum atomic E-state index is 12.0. The summed E-state index contributed by atoms with van der Waals surface area (Å²) in [4.78, 5) is 20.9. The van der Waals surface area contributed by atoms with Crippen LogP contribution in [0, 0.1) is 13.8 Å². The number of piperidine rings is 1. The van der Waals surface area contributed by atoms with Gasteiger partial charge in [-0.1, -0.05) is 12.5 Å². The lowest BCUT2D eigenvalue weighted by molar-refractivity contribution is -0.192. The van der Waals surface area contributed by atoms with E-state index in [9.17, 15) is 18.0 Å². The van der Waals surface area contributed by atoms with E-state index in [-0.39, 0.29) is 11.9 Å². The first-order valence-electron chi connectivity index (χ1n) is 7.52. The Morgan fingerprint density at radius 2 is 1.71 bits per heavy atom. The zero-order chi connectivity index (χ0) is 18.3. The van der Waals surface area contributed by atoms with E-state index in [4.69, 9.17) is 9.90 Å². The van der Waals surface area contributed by atoms with Crippen molar-refractivity contribution in [3.8, 4) is 0 Å². The van der Waals surface area contributed by atoms with Crippen molar-refractivity contribution in [2.24, 2.45) is 0 Å². The predicted octanol–water partition coefficient (Wildman–Crippen LogP) is 3.02. The van der Waals surface area contributed by atoms with Gasteiger partial charge in [-0.2, -0.15) is 13.2 Å². The van der Waals surface area contributed by atoms with E-state index in [1.54, 1.807) is 0 Å².